The van der Waals surface area contributed by atoms with Gasteiger partial charge >= 0.3 is 12.2 Å². The van der Waals surface area contributed by atoms with Crippen molar-refractivity contribution in [3.63, 3.8) is 0 Å². The van der Waals surface area contributed by atoms with Gasteiger partial charge in [0.1, 0.15) is 11.4 Å². The van der Waals surface area contributed by atoms with Gasteiger partial charge in [0.15, 0.2) is 0 Å². The Labute approximate surface area is 132 Å². The van der Waals surface area contributed by atoms with E-state index in [0.29, 0.717) is 19.5 Å². The van der Waals surface area contributed by atoms with E-state index in [2.05, 4.69) is 10.4 Å². The second-order valence-corrected chi connectivity index (χ2v) is 5.64. The van der Waals surface area contributed by atoms with Crippen LogP contribution in [0.5, 0.6) is 0 Å². The second-order valence-electron chi connectivity index (χ2n) is 5.64. The predicted molar refractivity (Wildman–Crippen MR) is 78.2 cm³/mol. The van der Waals surface area contributed by atoms with Gasteiger partial charge < -0.3 is 9.64 Å². The lowest BCUT2D eigenvalue weighted by molar-refractivity contribution is -0.137. The number of rotatable bonds is 2. The molecule has 6 nitrogen and oxygen atoms in total. The van der Waals surface area contributed by atoms with Crippen molar-refractivity contribution in [3.8, 4) is 0 Å². The molecule has 2 heterocycles. The molecule has 1 aliphatic heterocycles. The first-order valence-electron chi connectivity index (χ1n) is 7.43. The van der Waals surface area contributed by atoms with Crippen LogP contribution in [0.25, 0.3) is 0 Å². The molecule has 1 aliphatic rings. The van der Waals surface area contributed by atoms with Gasteiger partial charge in [0.2, 0.25) is 0 Å². The van der Waals surface area contributed by atoms with Crippen LogP contribution < -0.4 is 5.32 Å². The minimum atomic E-state index is -4.57. The number of urea groups is 1. The molecule has 0 bridgehead atoms. The van der Waals surface area contributed by atoms with Gasteiger partial charge in [-0.15, -0.1) is 0 Å². The van der Waals surface area contributed by atoms with Gasteiger partial charge in [0.25, 0.3) is 0 Å². The van der Waals surface area contributed by atoms with Crippen molar-refractivity contribution in [1.29, 1.82) is 0 Å². The van der Waals surface area contributed by atoms with Gasteiger partial charge in [0.05, 0.1) is 11.8 Å². The zero-order valence-corrected chi connectivity index (χ0v) is 13.4. The van der Waals surface area contributed by atoms with Crippen LogP contribution in [0.4, 0.5) is 23.8 Å². The summed E-state index contributed by atoms with van der Waals surface area (Å²) in [5, 5.41) is 6.13. The van der Waals surface area contributed by atoms with E-state index in [4.69, 9.17) is 4.74 Å². The van der Waals surface area contributed by atoms with Gasteiger partial charge in [-0.25, -0.2) is 4.79 Å². The first-order valence-corrected chi connectivity index (χ1v) is 7.43. The maximum Gasteiger partial charge on any atom is 0.421 e. The third kappa shape index (κ3) is 3.95. The number of amides is 2. The molecule has 0 radical (unpaired) electrons. The van der Waals surface area contributed by atoms with E-state index >= 15 is 0 Å². The van der Waals surface area contributed by atoms with Crippen molar-refractivity contribution < 1.29 is 22.7 Å². The summed E-state index contributed by atoms with van der Waals surface area (Å²) in [6, 6.07) is -0.546. The van der Waals surface area contributed by atoms with Crippen LogP contribution in [-0.2, 0) is 18.0 Å². The summed E-state index contributed by atoms with van der Waals surface area (Å²) in [7, 11) is 3.00. The third-order valence-electron chi connectivity index (χ3n) is 4.03. The van der Waals surface area contributed by atoms with Crippen LogP contribution in [0, 0.1) is 6.92 Å². The van der Waals surface area contributed by atoms with E-state index < -0.39 is 17.8 Å². The molecule has 0 spiro atoms. The molecular formula is C14H21F3N4O2. The second kappa shape index (κ2) is 6.77. The molecule has 1 aromatic heterocycles. The molecule has 23 heavy (non-hydrogen) atoms. The number of hydrogen-bond donors (Lipinski definition) is 1. The number of halogens is 3. The summed E-state index contributed by atoms with van der Waals surface area (Å²) in [6.45, 7) is 2.21. The van der Waals surface area contributed by atoms with E-state index in [0.717, 1.165) is 17.5 Å². The highest BCUT2D eigenvalue weighted by molar-refractivity contribution is 5.89. The van der Waals surface area contributed by atoms with E-state index in [1.165, 1.54) is 18.9 Å². The van der Waals surface area contributed by atoms with Crippen molar-refractivity contribution in [2.75, 3.05) is 25.5 Å². The zero-order chi connectivity index (χ0) is 17.2. The normalized spacial score (nSPS) is 19.6. The highest BCUT2D eigenvalue weighted by Crippen LogP contribution is 2.37. The Kier molecular flexibility index (Phi) is 5.18. The number of ether oxygens (including phenoxy) is 1. The average molecular weight is 334 g/mol. The molecule has 2 amide bonds. The largest absolute Gasteiger partial charge is 0.421 e. The number of nitrogens with zero attached hydrogens (tertiary/aromatic N) is 3. The Bertz CT molecular complexity index is 571. The number of likely N-dealkylation sites (tertiary alicyclic amines) is 1. The molecule has 0 aromatic carbocycles. The van der Waals surface area contributed by atoms with Crippen LogP contribution >= 0.6 is 0 Å². The fraction of sp³-hybridized carbons (Fsp3) is 0.714. The van der Waals surface area contributed by atoms with Crippen LogP contribution in [-0.4, -0.2) is 47.0 Å². The van der Waals surface area contributed by atoms with Gasteiger partial charge in [-0.2, -0.15) is 18.3 Å². The first-order chi connectivity index (χ1) is 10.7. The van der Waals surface area contributed by atoms with E-state index in [1.54, 1.807) is 7.11 Å². The Hall–Kier alpha value is -1.77. The van der Waals surface area contributed by atoms with Gasteiger partial charge in [0, 0.05) is 27.2 Å². The smallest absolute Gasteiger partial charge is 0.381 e. The number of methoxy groups -OCH3 is 1. The van der Waals surface area contributed by atoms with Crippen LogP contribution in [0.15, 0.2) is 0 Å². The van der Waals surface area contributed by atoms with Crippen molar-refractivity contribution >= 4 is 11.8 Å². The maximum absolute atomic E-state index is 13.1. The zero-order valence-electron chi connectivity index (χ0n) is 13.4. The fourth-order valence-electron chi connectivity index (χ4n) is 2.83. The molecule has 2 rings (SSSR count). The fourth-order valence-corrected chi connectivity index (χ4v) is 2.83. The number of carbonyl (C=O) groups is 1. The summed E-state index contributed by atoms with van der Waals surface area (Å²) in [4.78, 5) is 13.8. The van der Waals surface area contributed by atoms with Gasteiger partial charge in [-0.1, -0.05) is 0 Å². The minimum absolute atomic E-state index is 0.0810. The van der Waals surface area contributed by atoms with Gasteiger partial charge in [-0.3, -0.25) is 10.00 Å². The van der Waals surface area contributed by atoms with Crippen LogP contribution in [0.2, 0.25) is 0 Å². The standard InChI is InChI=1S/C14H21F3N4O2/c1-9-11(14(15,16)17)12(20(2)19-9)18-13(22)21-7-4-5-10(23-3)6-8-21/h10H,4-8H2,1-3H3,(H,18,22)/t10-/m0/s1. The lowest BCUT2D eigenvalue weighted by atomic mass is 10.2. The monoisotopic (exact) mass is 334 g/mol. The quantitative estimate of drug-likeness (QED) is 0.905. The first kappa shape index (κ1) is 17.6. The highest BCUT2D eigenvalue weighted by Gasteiger charge is 2.39. The summed E-state index contributed by atoms with van der Waals surface area (Å²) in [5.74, 6) is -0.326. The lowest BCUT2D eigenvalue weighted by Crippen LogP contribution is -2.37. The molecule has 1 N–H and O–H groups in total. The van der Waals surface area contributed by atoms with Crippen LogP contribution in [0.1, 0.15) is 30.5 Å². The summed E-state index contributed by atoms with van der Waals surface area (Å²) in [6.07, 6.45) is -2.24. The lowest BCUT2D eigenvalue weighted by Gasteiger charge is -2.21. The molecule has 0 aliphatic carbocycles. The molecule has 1 saturated heterocycles. The van der Waals surface area contributed by atoms with Crippen LogP contribution in [0.3, 0.4) is 0 Å². The van der Waals surface area contributed by atoms with E-state index in [1.807, 2.05) is 0 Å². The van der Waals surface area contributed by atoms with E-state index in [-0.39, 0.29) is 17.6 Å². The van der Waals surface area contributed by atoms with Crippen molar-refractivity contribution in [2.24, 2.45) is 7.05 Å². The molecule has 130 valence electrons. The van der Waals surface area contributed by atoms with Crippen molar-refractivity contribution in [2.45, 2.75) is 38.5 Å². The number of nitrogens with one attached hydrogen (secondary N) is 1. The highest BCUT2D eigenvalue weighted by atomic mass is 19.4. The summed E-state index contributed by atoms with van der Waals surface area (Å²) >= 11 is 0. The predicted octanol–water partition coefficient (Wildman–Crippen LogP) is 2.78. The number of carbonyl (C=O) groups excluding carboxylic acids is 1. The number of aromatic nitrogens is 2. The molecule has 1 fully saturated rings. The number of anilines is 1. The molecule has 0 unspecified atom stereocenters. The molecule has 1 aromatic rings. The third-order valence-corrected chi connectivity index (χ3v) is 4.03. The number of aryl methyl sites for hydroxylation is 2. The summed E-state index contributed by atoms with van der Waals surface area (Å²) in [5.41, 5.74) is -1.07. The van der Waals surface area contributed by atoms with E-state index in [9.17, 15) is 18.0 Å². The topological polar surface area (TPSA) is 59.4 Å². The Morgan fingerprint density at radius 3 is 2.65 bits per heavy atom. The molecule has 1 atom stereocenters. The molecular weight excluding hydrogens is 313 g/mol. The van der Waals surface area contributed by atoms with Gasteiger partial charge in [-0.05, 0) is 26.2 Å². The Morgan fingerprint density at radius 1 is 1.35 bits per heavy atom. The number of alkyl halides is 3. The van der Waals surface area contributed by atoms with Crippen molar-refractivity contribution in [1.82, 2.24) is 14.7 Å². The average Bonchev–Trinajstić information content (AvgIpc) is 2.65. The Morgan fingerprint density at radius 2 is 2.04 bits per heavy atom. The Balaban J connectivity index is 2.15. The minimum Gasteiger partial charge on any atom is -0.381 e. The number of hydrogen-bond acceptors (Lipinski definition) is 3. The molecule has 0 saturated carbocycles. The van der Waals surface area contributed by atoms with Crippen molar-refractivity contribution in [3.05, 3.63) is 11.3 Å². The SMILES string of the molecule is CO[C@H]1CCCN(C(=O)Nc2c(C(F)(F)F)c(C)nn2C)CC1. The molecule has 9 heteroatoms. The maximum atomic E-state index is 13.1. The summed E-state index contributed by atoms with van der Waals surface area (Å²) < 4.78 is 45.8.